The summed E-state index contributed by atoms with van der Waals surface area (Å²) < 4.78 is 6.16. The summed E-state index contributed by atoms with van der Waals surface area (Å²) in [5.41, 5.74) is 2.78. The SMILES string of the molecule is CCOc1cc(C2/C(=C(/O)c3ccc(C)cc3)C(=O)C(=O)N2c2nnc(SCc3ccc(Cl)cc3)s2)ccc1O. The number of ketones is 1. The highest BCUT2D eigenvalue weighted by molar-refractivity contribution is 8.00. The van der Waals surface area contributed by atoms with Crippen molar-refractivity contribution in [3.05, 3.63) is 99.6 Å². The molecule has 0 aliphatic carbocycles. The highest BCUT2D eigenvalue weighted by atomic mass is 35.5. The van der Waals surface area contributed by atoms with Gasteiger partial charge in [-0.1, -0.05) is 82.7 Å². The molecule has 2 N–H and O–H groups in total. The molecule has 3 aromatic carbocycles. The molecular weight excluding hydrogens is 570 g/mol. The van der Waals surface area contributed by atoms with Crippen LogP contribution in [0.4, 0.5) is 5.13 Å². The third-order valence-electron chi connectivity index (χ3n) is 6.25. The first-order valence-corrected chi connectivity index (χ1v) is 14.5. The van der Waals surface area contributed by atoms with Crippen molar-refractivity contribution in [3.63, 3.8) is 0 Å². The molecule has 0 saturated carbocycles. The van der Waals surface area contributed by atoms with Gasteiger partial charge in [0.1, 0.15) is 5.76 Å². The number of halogens is 1. The molecule has 11 heteroatoms. The van der Waals surface area contributed by atoms with E-state index in [4.69, 9.17) is 16.3 Å². The standard InChI is InChI=1S/C29H24ClN3O5S2/c1-3-38-22-14-19(10-13-21(22)34)24-23(25(35)18-8-4-16(2)5-9-18)26(36)27(37)33(24)28-31-32-29(40-28)39-15-17-6-11-20(30)12-7-17/h4-14,24,34-35H,3,15H2,1-2H3/b25-23-. The number of rotatable bonds is 8. The first kappa shape index (κ1) is 27.7. The number of hydrogen-bond acceptors (Lipinski definition) is 9. The zero-order valence-electron chi connectivity index (χ0n) is 21.5. The number of amides is 1. The zero-order valence-corrected chi connectivity index (χ0v) is 23.9. The summed E-state index contributed by atoms with van der Waals surface area (Å²) >= 11 is 8.58. The molecule has 1 aromatic heterocycles. The summed E-state index contributed by atoms with van der Waals surface area (Å²) in [5, 5.41) is 30.9. The lowest BCUT2D eigenvalue weighted by molar-refractivity contribution is -0.132. The summed E-state index contributed by atoms with van der Waals surface area (Å²) in [4.78, 5) is 28.1. The fourth-order valence-corrected chi connectivity index (χ4v) is 6.22. The van der Waals surface area contributed by atoms with Gasteiger partial charge >= 0.3 is 5.91 Å². The fraction of sp³-hybridized carbons (Fsp3) is 0.172. The number of aryl methyl sites for hydroxylation is 1. The Morgan fingerprint density at radius 1 is 1.07 bits per heavy atom. The molecule has 0 spiro atoms. The van der Waals surface area contributed by atoms with Gasteiger partial charge in [-0.05, 0) is 49.2 Å². The smallest absolute Gasteiger partial charge is 0.301 e. The number of ether oxygens (including phenoxy) is 1. The van der Waals surface area contributed by atoms with Crippen LogP contribution in [0.5, 0.6) is 11.5 Å². The van der Waals surface area contributed by atoms with Crippen LogP contribution in [0.25, 0.3) is 5.76 Å². The van der Waals surface area contributed by atoms with Crippen molar-refractivity contribution in [1.82, 2.24) is 10.2 Å². The van der Waals surface area contributed by atoms with E-state index in [2.05, 4.69) is 10.2 Å². The van der Waals surface area contributed by atoms with E-state index in [9.17, 15) is 19.8 Å². The van der Waals surface area contributed by atoms with Gasteiger partial charge in [-0.15, -0.1) is 10.2 Å². The van der Waals surface area contributed by atoms with Gasteiger partial charge in [0.25, 0.3) is 5.78 Å². The van der Waals surface area contributed by atoms with Crippen molar-refractivity contribution >= 4 is 57.3 Å². The number of aliphatic hydroxyl groups is 1. The average Bonchev–Trinajstić information content (AvgIpc) is 3.52. The van der Waals surface area contributed by atoms with Crippen LogP contribution in [0.3, 0.4) is 0 Å². The number of hydrogen-bond donors (Lipinski definition) is 2. The molecule has 1 amide bonds. The summed E-state index contributed by atoms with van der Waals surface area (Å²) in [6, 6.07) is 18.0. The van der Waals surface area contributed by atoms with Crippen LogP contribution < -0.4 is 9.64 Å². The van der Waals surface area contributed by atoms with E-state index in [1.54, 1.807) is 31.2 Å². The second kappa shape index (κ2) is 11.7. The Bertz CT molecular complexity index is 1600. The lowest BCUT2D eigenvalue weighted by Crippen LogP contribution is -2.29. The number of aliphatic hydroxyl groups excluding tert-OH is 1. The number of nitrogens with zero attached hydrogens (tertiary/aromatic N) is 3. The summed E-state index contributed by atoms with van der Waals surface area (Å²) in [5.74, 6) is -1.28. The molecule has 5 rings (SSSR count). The number of benzene rings is 3. The maximum absolute atomic E-state index is 13.5. The van der Waals surface area contributed by atoms with Crippen LogP contribution in [-0.2, 0) is 15.3 Å². The van der Waals surface area contributed by atoms with Crippen LogP contribution in [0, 0.1) is 6.92 Å². The topological polar surface area (TPSA) is 113 Å². The Kier molecular flexibility index (Phi) is 8.11. The fourth-order valence-electron chi connectivity index (χ4n) is 4.27. The Balaban J connectivity index is 1.56. The molecule has 204 valence electrons. The van der Waals surface area contributed by atoms with E-state index in [1.807, 2.05) is 43.3 Å². The molecule has 1 saturated heterocycles. The van der Waals surface area contributed by atoms with Crippen LogP contribution in [0.15, 0.2) is 76.6 Å². The van der Waals surface area contributed by atoms with E-state index in [0.29, 0.717) is 32.8 Å². The predicted octanol–water partition coefficient (Wildman–Crippen LogP) is 6.52. The van der Waals surface area contributed by atoms with Crippen molar-refractivity contribution < 1.29 is 24.5 Å². The van der Waals surface area contributed by atoms with Crippen LogP contribution >= 0.6 is 34.7 Å². The molecular formula is C29H24ClN3O5S2. The third-order valence-corrected chi connectivity index (χ3v) is 8.63. The molecule has 1 fully saturated rings. The van der Waals surface area contributed by atoms with E-state index in [0.717, 1.165) is 11.1 Å². The number of carbonyl (C=O) groups excluding carboxylic acids is 2. The minimum Gasteiger partial charge on any atom is -0.507 e. The number of anilines is 1. The quantitative estimate of drug-likeness (QED) is 0.0780. The van der Waals surface area contributed by atoms with Crippen molar-refractivity contribution in [2.75, 3.05) is 11.5 Å². The van der Waals surface area contributed by atoms with Gasteiger partial charge in [-0.25, -0.2) is 0 Å². The van der Waals surface area contributed by atoms with Gasteiger partial charge in [-0.3, -0.25) is 14.5 Å². The van der Waals surface area contributed by atoms with Crippen molar-refractivity contribution in [3.8, 4) is 11.5 Å². The molecule has 1 unspecified atom stereocenters. The monoisotopic (exact) mass is 593 g/mol. The molecule has 0 bridgehead atoms. The Hall–Kier alpha value is -3.86. The second-order valence-electron chi connectivity index (χ2n) is 8.96. The number of phenolic OH excluding ortho intramolecular Hbond substituents is 1. The average molecular weight is 594 g/mol. The molecule has 1 aliphatic heterocycles. The highest BCUT2D eigenvalue weighted by Crippen LogP contribution is 2.45. The van der Waals surface area contributed by atoms with Crippen LogP contribution in [-0.4, -0.2) is 38.7 Å². The Labute approximate surface area is 243 Å². The van der Waals surface area contributed by atoms with Gasteiger partial charge < -0.3 is 14.9 Å². The number of thioether (sulfide) groups is 1. The van der Waals surface area contributed by atoms with Gasteiger partial charge in [-0.2, -0.15) is 0 Å². The number of aromatic hydroxyl groups is 1. The van der Waals surface area contributed by atoms with Gasteiger partial charge in [0.05, 0.1) is 18.2 Å². The summed E-state index contributed by atoms with van der Waals surface area (Å²) in [6.07, 6.45) is 0. The first-order chi connectivity index (χ1) is 19.3. The molecule has 8 nitrogen and oxygen atoms in total. The minimum absolute atomic E-state index is 0.0853. The zero-order chi connectivity index (χ0) is 28.4. The van der Waals surface area contributed by atoms with Crippen LogP contribution in [0.1, 0.15) is 35.2 Å². The Morgan fingerprint density at radius 3 is 2.50 bits per heavy atom. The molecule has 40 heavy (non-hydrogen) atoms. The number of carbonyl (C=O) groups is 2. The molecule has 1 aliphatic rings. The van der Waals surface area contributed by atoms with Gasteiger partial charge in [0.2, 0.25) is 5.13 Å². The minimum atomic E-state index is -1.02. The van der Waals surface area contributed by atoms with Crippen molar-refractivity contribution in [1.29, 1.82) is 0 Å². The predicted molar refractivity (Wildman–Crippen MR) is 156 cm³/mol. The Morgan fingerprint density at radius 2 is 1.80 bits per heavy atom. The van der Waals surface area contributed by atoms with Gasteiger partial charge in [0, 0.05) is 16.3 Å². The molecule has 4 aromatic rings. The molecule has 1 atom stereocenters. The maximum atomic E-state index is 13.5. The third kappa shape index (κ3) is 5.56. The van der Waals surface area contributed by atoms with Gasteiger partial charge in [0.15, 0.2) is 15.8 Å². The van der Waals surface area contributed by atoms with E-state index in [-0.39, 0.29) is 28.0 Å². The number of Topliss-reactive ketones (excluding diaryl/α,β-unsaturated/α-hetero) is 1. The number of aromatic nitrogens is 2. The first-order valence-electron chi connectivity index (χ1n) is 12.3. The second-order valence-corrected chi connectivity index (χ2v) is 11.6. The summed E-state index contributed by atoms with van der Waals surface area (Å²) in [7, 11) is 0. The molecule has 2 heterocycles. The van der Waals surface area contributed by atoms with Crippen molar-refractivity contribution in [2.24, 2.45) is 0 Å². The largest absolute Gasteiger partial charge is 0.507 e. The maximum Gasteiger partial charge on any atom is 0.301 e. The van der Waals surface area contributed by atoms with Crippen molar-refractivity contribution in [2.45, 2.75) is 30.0 Å². The lowest BCUT2D eigenvalue weighted by Gasteiger charge is -2.23. The van der Waals surface area contributed by atoms with E-state index >= 15 is 0 Å². The highest BCUT2D eigenvalue weighted by Gasteiger charge is 2.48. The van der Waals surface area contributed by atoms with Crippen LogP contribution in [0.2, 0.25) is 5.02 Å². The number of phenols is 1. The normalized spacial score (nSPS) is 16.5. The van der Waals surface area contributed by atoms with E-state index in [1.165, 1.54) is 34.1 Å². The summed E-state index contributed by atoms with van der Waals surface area (Å²) in [6.45, 7) is 3.98. The lowest BCUT2D eigenvalue weighted by atomic mass is 9.95. The van der Waals surface area contributed by atoms with E-state index < -0.39 is 17.7 Å². The molecule has 0 radical (unpaired) electrons.